The van der Waals surface area contributed by atoms with E-state index in [1.165, 1.54) is 19.1 Å². The Morgan fingerprint density at radius 2 is 1.91 bits per heavy atom. The molecule has 0 N–H and O–H groups in total. The van der Waals surface area contributed by atoms with Crippen LogP contribution in [-0.2, 0) is 21.2 Å². The van der Waals surface area contributed by atoms with Gasteiger partial charge in [0.15, 0.2) is 0 Å². The van der Waals surface area contributed by atoms with E-state index in [-0.39, 0.29) is 23.5 Å². The number of fused-ring (bicyclic) bond motifs is 1. The van der Waals surface area contributed by atoms with Gasteiger partial charge in [-0.1, -0.05) is 12.1 Å². The minimum absolute atomic E-state index is 0.101. The van der Waals surface area contributed by atoms with Crippen LogP contribution in [0.2, 0.25) is 0 Å². The molecule has 1 saturated heterocycles. The molecule has 2 aliphatic rings. The Labute approximate surface area is 126 Å². The van der Waals surface area contributed by atoms with Gasteiger partial charge in [0.2, 0.25) is 5.91 Å². The molecule has 2 fully saturated rings. The fourth-order valence-electron chi connectivity index (χ4n) is 3.44. The first-order valence-electron chi connectivity index (χ1n) is 7.17. The molecule has 2 unspecified atom stereocenters. The predicted octanol–water partition coefficient (Wildman–Crippen LogP) is 2.78. The maximum Gasteiger partial charge on any atom is 0.416 e. The molecular formula is C16H16F3NO2. The number of carbonyl (C=O) groups excluding carboxylic acids is 2. The Kier molecular flexibility index (Phi) is 3.30. The first-order valence-corrected chi connectivity index (χ1v) is 7.17. The lowest BCUT2D eigenvalue weighted by molar-refractivity contribution is -0.137. The van der Waals surface area contributed by atoms with Gasteiger partial charge in [-0.25, -0.2) is 0 Å². The third-order valence-corrected chi connectivity index (χ3v) is 4.69. The zero-order valence-corrected chi connectivity index (χ0v) is 12.1. The lowest BCUT2D eigenvalue weighted by Gasteiger charge is -2.21. The summed E-state index contributed by atoms with van der Waals surface area (Å²) in [5.41, 5.74) is -0.0210. The zero-order valence-electron chi connectivity index (χ0n) is 12.1. The number of Topliss-reactive ketones (excluding diaryl/α,β-unsaturated/α-hetero) is 1. The molecule has 3 nitrogen and oxygen atoms in total. The molecule has 118 valence electrons. The standard InChI is InChI=1S/C16H16F3NO2/c1-10(21)6-14(22)20-8-13-7-15(13,9-20)11-2-4-12(5-3-11)16(17,18)19/h2-5,13H,6-9H2,1H3. The minimum atomic E-state index is -4.34. The molecule has 1 aromatic rings. The molecule has 1 amide bonds. The van der Waals surface area contributed by atoms with Crippen LogP contribution >= 0.6 is 0 Å². The number of rotatable bonds is 3. The summed E-state index contributed by atoms with van der Waals surface area (Å²) in [5, 5.41) is 0. The van der Waals surface area contributed by atoms with Crippen molar-refractivity contribution < 1.29 is 22.8 Å². The lowest BCUT2D eigenvalue weighted by Crippen LogP contribution is -2.33. The van der Waals surface area contributed by atoms with E-state index >= 15 is 0 Å². The number of hydrogen-bond donors (Lipinski definition) is 0. The van der Waals surface area contributed by atoms with Crippen LogP contribution < -0.4 is 0 Å². The second kappa shape index (κ2) is 4.83. The molecule has 0 spiro atoms. The highest BCUT2D eigenvalue weighted by atomic mass is 19.4. The quantitative estimate of drug-likeness (QED) is 0.805. The summed E-state index contributed by atoms with van der Waals surface area (Å²) in [5.74, 6) is -0.0692. The number of nitrogens with zero attached hydrogens (tertiary/aromatic N) is 1. The summed E-state index contributed by atoms with van der Waals surface area (Å²) in [7, 11) is 0. The summed E-state index contributed by atoms with van der Waals surface area (Å²) >= 11 is 0. The second-order valence-corrected chi connectivity index (χ2v) is 6.29. The number of piperidine rings is 1. The molecule has 3 rings (SSSR count). The molecule has 1 heterocycles. The number of hydrogen-bond acceptors (Lipinski definition) is 2. The summed E-state index contributed by atoms with van der Waals surface area (Å²) in [6, 6.07) is 5.22. The number of carbonyl (C=O) groups is 2. The van der Waals surface area contributed by atoms with E-state index in [4.69, 9.17) is 0 Å². The first-order chi connectivity index (χ1) is 10.2. The molecule has 6 heteroatoms. The number of likely N-dealkylation sites (tertiary alicyclic amines) is 1. The van der Waals surface area contributed by atoms with Crippen molar-refractivity contribution in [3.8, 4) is 0 Å². The third-order valence-electron chi connectivity index (χ3n) is 4.69. The van der Waals surface area contributed by atoms with Gasteiger partial charge in [-0.3, -0.25) is 9.59 Å². The highest BCUT2D eigenvalue weighted by molar-refractivity contribution is 5.97. The molecule has 0 bridgehead atoms. The number of ketones is 1. The number of amides is 1. The normalized spacial score (nSPS) is 26.7. The average Bonchev–Trinajstić information content (AvgIpc) is 3.00. The zero-order chi connectivity index (χ0) is 16.1. The van der Waals surface area contributed by atoms with Crippen molar-refractivity contribution >= 4 is 11.7 Å². The third kappa shape index (κ3) is 2.51. The van der Waals surface area contributed by atoms with Crippen molar-refractivity contribution in [3.63, 3.8) is 0 Å². The molecule has 0 radical (unpaired) electrons. The Morgan fingerprint density at radius 3 is 2.45 bits per heavy atom. The van der Waals surface area contributed by atoms with E-state index < -0.39 is 11.7 Å². The summed E-state index contributed by atoms with van der Waals surface area (Å²) in [4.78, 5) is 24.6. The Morgan fingerprint density at radius 1 is 1.27 bits per heavy atom. The minimum Gasteiger partial charge on any atom is -0.341 e. The summed E-state index contributed by atoms with van der Waals surface area (Å²) in [6.07, 6.45) is -3.55. The van der Waals surface area contributed by atoms with Gasteiger partial charge in [0.05, 0.1) is 12.0 Å². The van der Waals surface area contributed by atoms with Crippen LogP contribution in [0.15, 0.2) is 24.3 Å². The SMILES string of the molecule is CC(=O)CC(=O)N1CC2CC2(c2ccc(C(F)(F)F)cc2)C1. The van der Waals surface area contributed by atoms with Gasteiger partial charge >= 0.3 is 6.18 Å². The van der Waals surface area contributed by atoms with Crippen molar-refractivity contribution in [2.24, 2.45) is 5.92 Å². The van der Waals surface area contributed by atoms with Gasteiger partial charge in [0.25, 0.3) is 0 Å². The maximum atomic E-state index is 12.6. The van der Waals surface area contributed by atoms with Crippen LogP contribution in [-0.4, -0.2) is 29.7 Å². The molecule has 1 aromatic carbocycles. The van der Waals surface area contributed by atoms with Crippen LogP contribution in [0.3, 0.4) is 0 Å². The van der Waals surface area contributed by atoms with E-state index in [1.54, 1.807) is 4.90 Å². The van der Waals surface area contributed by atoms with Crippen LogP contribution in [0.4, 0.5) is 13.2 Å². The highest BCUT2D eigenvalue weighted by Gasteiger charge is 2.61. The molecule has 2 atom stereocenters. The molecule has 0 aromatic heterocycles. The smallest absolute Gasteiger partial charge is 0.341 e. The maximum absolute atomic E-state index is 12.6. The van der Waals surface area contributed by atoms with Gasteiger partial charge in [-0.05, 0) is 37.0 Å². The Hall–Kier alpha value is -1.85. The van der Waals surface area contributed by atoms with Gasteiger partial charge < -0.3 is 4.90 Å². The fraction of sp³-hybridized carbons (Fsp3) is 0.500. The number of benzene rings is 1. The van der Waals surface area contributed by atoms with Crippen molar-refractivity contribution in [2.75, 3.05) is 13.1 Å². The van der Waals surface area contributed by atoms with Crippen molar-refractivity contribution in [1.29, 1.82) is 0 Å². The van der Waals surface area contributed by atoms with Gasteiger partial charge in [-0.15, -0.1) is 0 Å². The van der Waals surface area contributed by atoms with Gasteiger partial charge in [0.1, 0.15) is 5.78 Å². The van der Waals surface area contributed by atoms with Crippen LogP contribution in [0, 0.1) is 5.92 Å². The predicted molar refractivity (Wildman–Crippen MR) is 73.1 cm³/mol. The Balaban J connectivity index is 1.74. The van der Waals surface area contributed by atoms with E-state index in [0.29, 0.717) is 19.0 Å². The first kappa shape index (κ1) is 15.1. The van der Waals surface area contributed by atoms with E-state index in [9.17, 15) is 22.8 Å². The summed E-state index contributed by atoms with van der Waals surface area (Å²) < 4.78 is 37.8. The van der Waals surface area contributed by atoms with E-state index in [2.05, 4.69) is 0 Å². The van der Waals surface area contributed by atoms with E-state index in [1.807, 2.05) is 0 Å². The molecular weight excluding hydrogens is 295 g/mol. The van der Waals surface area contributed by atoms with Crippen LogP contribution in [0.5, 0.6) is 0 Å². The molecule has 1 saturated carbocycles. The van der Waals surface area contributed by atoms with Gasteiger partial charge in [-0.2, -0.15) is 13.2 Å². The van der Waals surface area contributed by atoms with Crippen molar-refractivity contribution in [3.05, 3.63) is 35.4 Å². The van der Waals surface area contributed by atoms with Gasteiger partial charge in [0, 0.05) is 18.5 Å². The molecule has 1 aliphatic carbocycles. The largest absolute Gasteiger partial charge is 0.416 e. The fourth-order valence-corrected chi connectivity index (χ4v) is 3.44. The lowest BCUT2D eigenvalue weighted by atomic mass is 9.94. The Bertz CT molecular complexity index is 623. The topological polar surface area (TPSA) is 37.4 Å². The number of alkyl halides is 3. The molecule has 22 heavy (non-hydrogen) atoms. The van der Waals surface area contributed by atoms with Crippen molar-refractivity contribution in [2.45, 2.75) is 31.4 Å². The van der Waals surface area contributed by atoms with Crippen LogP contribution in [0.25, 0.3) is 0 Å². The monoisotopic (exact) mass is 311 g/mol. The highest BCUT2D eigenvalue weighted by Crippen LogP contribution is 2.59. The van der Waals surface area contributed by atoms with Crippen LogP contribution in [0.1, 0.15) is 30.9 Å². The summed E-state index contributed by atoms with van der Waals surface area (Å²) in [6.45, 7) is 2.46. The van der Waals surface area contributed by atoms with Crippen molar-refractivity contribution in [1.82, 2.24) is 4.90 Å². The average molecular weight is 311 g/mol. The number of halogens is 3. The van der Waals surface area contributed by atoms with E-state index in [0.717, 1.165) is 24.1 Å². The second-order valence-electron chi connectivity index (χ2n) is 6.29. The molecule has 1 aliphatic heterocycles.